The predicted molar refractivity (Wildman–Crippen MR) is 41.4 cm³/mol. The van der Waals surface area contributed by atoms with Crippen LogP contribution in [0.15, 0.2) is 0 Å². The summed E-state index contributed by atoms with van der Waals surface area (Å²) in [7, 11) is 2.10. The summed E-state index contributed by atoms with van der Waals surface area (Å²) in [5.74, 6) is 0. The number of hydrogen-bond acceptors (Lipinski definition) is 2. The lowest BCUT2D eigenvalue weighted by molar-refractivity contribution is 0.411. The summed E-state index contributed by atoms with van der Waals surface area (Å²) >= 11 is 0. The molecule has 2 heteroatoms. The van der Waals surface area contributed by atoms with Gasteiger partial charge in [0.2, 0.25) is 0 Å². The number of hydrogen-bond donors (Lipinski definition) is 1. The Kier molecular flexibility index (Phi) is 4.72. The standard InChI is InChI=1S/C5H12N2.C2H6/c1-7-3-2-5(6)4-7;1-2/h5H,2-4,6H2,1H3;1-2H3/t5-;/m1./s1. The summed E-state index contributed by atoms with van der Waals surface area (Å²) in [5, 5.41) is 0. The molecule has 0 aromatic rings. The number of rotatable bonds is 0. The molecule has 0 amide bonds. The number of nitrogens with two attached hydrogens (primary N) is 1. The van der Waals surface area contributed by atoms with Crippen molar-refractivity contribution in [2.45, 2.75) is 26.3 Å². The third kappa shape index (κ3) is 3.49. The summed E-state index contributed by atoms with van der Waals surface area (Å²) < 4.78 is 0. The smallest absolute Gasteiger partial charge is 0.0179 e. The van der Waals surface area contributed by atoms with Crippen LogP contribution in [0.4, 0.5) is 0 Å². The van der Waals surface area contributed by atoms with Gasteiger partial charge in [0.25, 0.3) is 0 Å². The molecule has 1 fully saturated rings. The van der Waals surface area contributed by atoms with E-state index in [1.807, 2.05) is 13.8 Å². The molecule has 2 N–H and O–H groups in total. The van der Waals surface area contributed by atoms with E-state index in [0.717, 1.165) is 6.54 Å². The molecule has 1 aliphatic rings. The third-order valence-corrected chi connectivity index (χ3v) is 1.43. The first-order chi connectivity index (χ1) is 4.29. The Morgan fingerprint density at radius 3 is 2.11 bits per heavy atom. The summed E-state index contributed by atoms with van der Waals surface area (Å²) in [6.07, 6.45) is 1.18. The minimum atomic E-state index is 0.449. The van der Waals surface area contributed by atoms with Gasteiger partial charge in [-0.15, -0.1) is 0 Å². The SMILES string of the molecule is CC.CN1CC[C@@H](N)C1. The van der Waals surface area contributed by atoms with Gasteiger partial charge in [0.1, 0.15) is 0 Å². The minimum Gasteiger partial charge on any atom is -0.326 e. The van der Waals surface area contributed by atoms with E-state index in [1.165, 1.54) is 13.0 Å². The lowest BCUT2D eigenvalue weighted by Crippen LogP contribution is -2.23. The van der Waals surface area contributed by atoms with Crippen molar-refractivity contribution in [1.82, 2.24) is 4.90 Å². The van der Waals surface area contributed by atoms with Crippen molar-refractivity contribution in [3.05, 3.63) is 0 Å². The van der Waals surface area contributed by atoms with E-state index in [-0.39, 0.29) is 0 Å². The highest BCUT2D eigenvalue weighted by molar-refractivity contribution is 4.74. The fourth-order valence-corrected chi connectivity index (χ4v) is 0.969. The zero-order valence-corrected chi connectivity index (χ0v) is 6.72. The second-order valence-electron chi connectivity index (χ2n) is 2.31. The highest BCUT2D eigenvalue weighted by Crippen LogP contribution is 2.01. The fraction of sp³-hybridized carbons (Fsp3) is 1.00. The van der Waals surface area contributed by atoms with Crippen LogP contribution in [0, 0.1) is 0 Å². The molecule has 1 rings (SSSR count). The van der Waals surface area contributed by atoms with E-state index < -0.39 is 0 Å². The van der Waals surface area contributed by atoms with Crippen LogP contribution < -0.4 is 5.73 Å². The van der Waals surface area contributed by atoms with E-state index in [1.54, 1.807) is 0 Å². The quantitative estimate of drug-likeness (QED) is 0.522. The van der Waals surface area contributed by atoms with Crippen molar-refractivity contribution in [3.8, 4) is 0 Å². The van der Waals surface area contributed by atoms with E-state index in [4.69, 9.17) is 5.73 Å². The molecule has 9 heavy (non-hydrogen) atoms. The zero-order chi connectivity index (χ0) is 7.28. The van der Waals surface area contributed by atoms with Gasteiger partial charge in [-0.05, 0) is 20.0 Å². The Labute approximate surface area is 58.0 Å². The Hall–Kier alpha value is -0.0800. The lowest BCUT2D eigenvalue weighted by atomic mass is 10.3. The largest absolute Gasteiger partial charge is 0.326 e. The Morgan fingerprint density at radius 1 is 1.44 bits per heavy atom. The second-order valence-corrected chi connectivity index (χ2v) is 2.31. The number of nitrogens with zero attached hydrogens (tertiary/aromatic N) is 1. The molecule has 0 spiro atoms. The molecular formula is C7H18N2. The number of likely N-dealkylation sites (N-methyl/N-ethyl adjacent to an activating group) is 1. The molecule has 0 aliphatic carbocycles. The van der Waals surface area contributed by atoms with Gasteiger partial charge in [0.05, 0.1) is 0 Å². The van der Waals surface area contributed by atoms with Crippen LogP contribution in [0.2, 0.25) is 0 Å². The third-order valence-electron chi connectivity index (χ3n) is 1.43. The molecule has 0 aromatic heterocycles. The molecule has 0 bridgehead atoms. The fourth-order valence-electron chi connectivity index (χ4n) is 0.969. The number of likely N-dealkylation sites (tertiary alicyclic amines) is 1. The maximum atomic E-state index is 5.58. The molecule has 2 nitrogen and oxygen atoms in total. The maximum Gasteiger partial charge on any atom is 0.0179 e. The van der Waals surface area contributed by atoms with Gasteiger partial charge in [0.15, 0.2) is 0 Å². The second kappa shape index (κ2) is 4.77. The lowest BCUT2D eigenvalue weighted by Gasteiger charge is -2.03. The summed E-state index contributed by atoms with van der Waals surface area (Å²) in [5.41, 5.74) is 5.58. The Balaban J connectivity index is 0.000000291. The molecule has 0 aromatic carbocycles. The van der Waals surface area contributed by atoms with Crippen molar-refractivity contribution in [1.29, 1.82) is 0 Å². The summed E-state index contributed by atoms with van der Waals surface area (Å²) in [6, 6.07) is 0.449. The molecule has 0 saturated carbocycles. The van der Waals surface area contributed by atoms with E-state index in [9.17, 15) is 0 Å². The molecule has 1 aliphatic heterocycles. The van der Waals surface area contributed by atoms with Gasteiger partial charge >= 0.3 is 0 Å². The van der Waals surface area contributed by atoms with Gasteiger partial charge in [-0.1, -0.05) is 13.8 Å². The van der Waals surface area contributed by atoms with Gasteiger partial charge in [-0.3, -0.25) is 0 Å². The van der Waals surface area contributed by atoms with Gasteiger partial charge in [0, 0.05) is 12.6 Å². The van der Waals surface area contributed by atoms with Crippen LogP contribution in [0.25, 0.3) is 0 Å². The van der Waals surface area contributed by atoms with Crippen LogP contribution in [0.3, 0.4) is 0 Å². The van der Waals surface area contributed by atoms with E-state index in [2.05, 4.69) is 11.9 Å². The topological polar surface area (TPSA) is 29.3 Å². The van der Waals surface area contributed by atoms with Crippen molar-refractivity contribution in [2.24, 2.45) is 5.73 Å². The molecular weight excluding hydrogens is 112 g/mol. The Morgan fingerprint density at radius 2 is 2.00 bits per heavy atom. The van der Waals surface area contributed by atoms with Crippen LogP contribution >= 0.6 is 0 Å². The van der Waals surface area contributed by atoms with Crippen molar-refractivity contribution < 1.29 is 0 Å². The van der Waals surface area contributed by atoms with Crippen LogP contribution in [0.5, 0.6) is 0 Å². The van der Waals surface area contributed by atoms with Gasteiger partial charge < -0.3 is 10.6 Å². The van der Waals surface area contributed by atoms with Gasteiger partial charge in [-0.2, -0.15) is 0 Å². The molecule has 0 unspecified atom stereocenters. The molecule has 1 atom stereocenters. The van der Waals surface area contributed by atoms with Crippen LogP contribution in [-0.2, 0) is 0 Å². The predicted octanol–water partition coefficient (Wildman–Crippen LogP) is 0.675. The molecule has 1 heterocycles. The zero-order valence-electron chi connectivity index (χ0n) is 6.72. The highest BCUT2D eigenvalue weighted by atomic mass is 15.1. The van der Waals surface area contributed by atoms with E-state index >= 15 is 0 Å². The highest BCUT2D eigenvalue weighted by Gasteiger charge is 2.13. The summed E-state index contributed by atoms with van der Waals surface area (Å²) in [6.45, 7) is 6.27. The first kappa shape index (κ1) is 8.92. The molecule has 0 radical (unpaired) electrons. The van der Waals surface area contributed by atoms with Gasteiger partial charge in [-0.25, -0.2) is 0 Å². The van der Waals surface area contributed by atoms with Crippen molar-refractivity contribution >= 4 is 0 Å². The normalized spacial score (nSPS) is 27.3. The minimum absolute atomic E-state index is 0.449. The molecule has 56 valence electrons. The first-order valence-electron chi connectivity index (χ1n) is 3.73. The van der Waals surface area contributed by atoms with Crippen molar-refractivity contribution in [3.63, 3.8) is 0 Å². The molecule has 1 saturated heterocycles. The van der Waals surface area contributed by atoms with Crippen molar-refractivity contribution in [2.75, 3.05) is 20.1 Å². The Bertz CT molecular complexity index is 55.9. The monoisotopic (exact) mass is 130 g/mol. The average Bonchev–Trinajstić information content (AvgIpc) is 2.20. The van der Waals surface area contributed by atoms with Crippen LogP contribution in [-0.4, -0.2) is 31.1 Å². The average molecular weight is 130 g/mol. The van der Waals surface area contributed by atoms with Crippen LogP contribution in [0.1, 0.15) is 20.3 Å². The van der Waals surface area contributed by atoms with E-state index in [0.29, 0.717) is 6.04 Å². The first-order valence-corrected chi connectivity index (χ1v) is 3.73. The summed E-state index contributed by atoms with van der Waals surface area (Å²) in [4.78, 5) is 2.25. The maximum absolute atomic E-state index is 5.58.